The van der Waals surface area contributed by atoms with Gasteiger partial charge in [0, 0.05) is 6.04 Å². The van der Waals surface area contributed by atoms with Crippen LogP contribution >= 0.6 is 23.2 Å². The van der Waals surface area contributed by atoms with E-state index in [1.54, 1.807) is 0 Å². The molecular weight excluding hydrogens is 264 g/mol. The number of benzene rings is 1. The standard InChI is InChI=1S/C12H12Cl2FNO/c13-10-8(5-6-9(15)11(10)14)12(17)16-7-3-1-2-4-7/h5-7H,1-4H2,(H,16,17). The lowest BCUT2D eigenvalue weighted by Crippen LogP contribution is -2.32. The fourth-order valence-corrected chi connectivity index (χ4v) is 2.44. The van der Waals surface area contributed by atoms with E-state index >= 15 is 0 Å². The molecule has 1 aliphatic rings. The summed E-state index contributed by atoms with van der Waals surface area (Å²) in [5.74, 6) is -0.905. The maximum atomic E-state index is 13.1. The van der Waals surface area contributed by atoms with Crippen LogP contribution in [-0.4, -0.2) is 11.9 Å². The molecule has 1 N–H and O–H groups in total. The van der Waals surface area contributed by atoms with Gasteiger partial charge in [0.1, 0.15) is 5.82 Å². The van der Waals surface area contributed by atoms with E-state index in [1.165, 1.54) is 6.07 Å². The largest absolute Gasteiger partial charge is 0.349 e. The maximum Gasteiger partial charge on any atom is 0.253 e. The number of hydrogen-bond donors (Lipinski definition) is 1. The monoisotopic (exact) mass is 275 g/mol. The molecular formula is C12H12Cl2FNO. The van der Waals surface area contributed by atoms with E-state index in [4.69, 9.17) is 23.2 Å². The van der Waals surface area contributed by atoms with E-state index in [2.05, 4.69) is 5.32 Å². The number of amides is 1. The third-order valence-electron chi connectivity index (χ3n) is 2.97. The maximum absolute atomic E-state index is 13.1. The van der Waals surface area contributed by atoms with Crippen molar-refractivity contribution in [1.29, 1.82) is 0 Å². The summed E-state index contributed by atoms with van der Waals surface area (Å²) in [6.45, 7) is 0. The minimum atomic E-state index is -0.617. The van der Waals surface area contributed by atoms with E-state index in [0.29, 0.717) is 0 Å². The molecule has 0 atom stereocenters. The zero-order valence-corrected chi connectivity index (χ0v) is 10.6. The highest BCUT2D eigenvalue weighted by molar-refractivity contribution is 6.43. The summed E-state index contributed by atoms with van der Waals surface area (Å²) >= 11 is 11.5. The zero-order valence-electron chi connectivity index (χ0n) is 9.10. The molecule has 2 nitrogen and oxygen atoms in total. The van der Waals surface area contributed by atoms with Gasteiger partial charge in [0.15, 0.2) is 0 Å². The summed E-state index contributed by atoms with van der Waals surface area (Å²) in [4.78, 5) is 11.9. The smallest absolute Gasteiger partial charge is 0.253 e. The van der Waals surface area contributed by atoms with E-state index in [-0.39, 0.29) is 27.6 Å². The summed E-state index contributed by atoms with van der Waals surface area (Å²) in [5.41, 5.74) is 0.227. The highest BCUT2D eigenvalue weighted by Gasteiger charge is 2.21. The average Bonchev–Trinajstić information content (AvgIpc) is 2.78. The van der Waals surface area contributed by atoms with Crippen molar-refractivity contribution in [3.05, 3.63) is 33.6 Å². The summed E-state index contributed by atoms with van der Waals surface area (Å²) in [5, 5.41) is 2.65. The van der Waals surface area contributed by atoms with Crippen LogP contribution in [0, 0.1) is 5.82 Å². The van der Waals surface area contributed by atoms with Crippen LogP contribution in [-0.2, 0) is 0 Å². The van der Waals surface area contributed by atoms with Crippen molar-refractivity contribution >= 4 is 29.1 Å². The van der Waals surface area contributed by atoms with Gasteiger partial charge in [0.2, 0.25) is 0 Å². The third kappa shape index (κ3) is 2.72. The molecule has 1 aromatic carbocycles. The number of nitrogens with one attached hydrogen (secondary N) is 1. The topological polar surface area (TPSA) is 29.1 Å². The highest BCUT2D eigenvalue weighted by atomic mass is 35.5. The summed E-state index contributed by atoms with van der Waals surface area (Å²) in [7, 11) is 0. The molecule has 0 bridgehead atoms. The van der Waals surface area contributed by atoms with Crippen LogP contribution in [0.1, 0.15) is 36.0 Å². The van der Waals surface area contributed by atoms with Gasteiger partial charge in [-0.05, 0) is 25.0 Å². The molecule has 1 amide bonds. The number of rotatable bonds is 2. The Bertz CT molecular complexity index is 444. The molecule has 17 heavy (non-hydrogen) atoms. The summed E-state index contributed by atoms with van der Waals surface area (Å²) in [6.07, 6.45) is 4.22. The number of hydrogen-bond acceptors (Lipinski definition) is 1. The third-order valence-corrected chi connectivity index (χ3v) is 3.83. The molecule has 0 heterocycles. The van der Waals surface area contributed by atoms with Gasteiger partial charge in [0.05, 0.1) is 15.6 Å². The van der Waals surface area contributed by atoms with Gasteiger partial charge >= 0.3 is 0 Å². The first-order valence-corrected chi connectivity index (χ1v) is 6.29. The van der Waals surface area contributed by atoms with Crippen LogP contribution in [0.2, 0.25) is 10.0 Å². The quantitative estimate of drug-likeness (QED) is 0.818. The molecule has 1 aliphatic carbocycles. The van der Waals surface area contributed by atoms with Crippen molar-refractivity contribution in [1.82, 2.24) is 5.32 Å². The van der Waals surface area contributed by atoms with Crippen LogP contribution in [0.25, 0.3) is 0 Å². The van der Waals surface area contributed by atoms with Crippen molar-refractivity contribution in [3.8, 4) is 0 Å². The van der Waals surface area contributed by atoms with Crippen LogP contribution in [0.3, 0.4) is 0 Å². The SMILES string of the molecule is O=C(NC1CCCC1)c1ccc(F)c(Cl)c1Cl. The van der Waals surface area contributed by atoms with E-state index in [0.717, 1.165) is 31.7 Å². The minimum Gasteiger partial charge on any atom is -0.349 e. The number of carbonyl (C=O) groups excluding carboxylic acids is 1. The average molecular weight is 276 g/mol. The van der Waals surface area contributed by atoms with Crippen LogP contribution in [0.4, 0.5) is 4.39 Å². The first-order valence-electron chi connectivity index (χ1n) is 5.54. The first-order chi connectivity index (χ1) is 8.09. The number of carbonyl (C=O) groups is 1. The van der Waals surface area contributed by atoms with Crippen molar-refractivity contribution in [3.63, 3.8) is 0 Å². The molecule has 5 heteroatoms. The normalized spacial score (nSPS) is 16.2. The lowest BCUT2D eigenvalue weighted by Gasteiger charge is -2.13. The van der Waals surface area contributed by atoms with Crippen LogP contribution < -0.4 is 5.32 Å². The van der Waals surface area contributed by atoms with Crippen molar-refractivity contribution < 1.29 is 9.18 Å². The Morgan fingerprint density at radius 1 is 1.24 bits per heavy atom. The van der Waals surface area contributed by atoms with Gasteiger partial charge in [-0.15, -0.1) is 0 Å². The van der Waals surface area contributed by atoms with Crippen LogP contribution in [0.15, 0.2) is 12.1 Å². The molecule has 1 fully saturated rings. The molecule has 0 spiro atoms. The molecule has 0 unspecified atom stereocenters. The van der Waals surface area contributed by atoms with Crippen molar-refractivity contribution in [2.24, 2.45) is 0 Å². The van der Waals surface area contributed by atoms with Crippen molar-refractivity contribution in [2.75, 3.05) is 0 Å². The predicted octanol–water partition coefficient (Wildman–Crippen LogP) is 3.80. The fourth-order valence-electron chi connectivity index (χ4n) is 2.03. The Morgan fingerprint density at radius 3 is 2.53 bits per heavy atom. The second kappa shape index (κ2) is 5.23. The van der Waals surface area contributed by atoms with Crippen LogP contribution in [0.5, 0.6) is 0 Å². The number of halogens is 3. The Kier molecular flexibility index (Phi) is 3.89. The molecule has 1 aromatic rings. The molecule has 0 aromatic heterocycles. The zero-order chi connectivity index (χ0) is 12.4. The first kappa shape index (κ1) is 12.7. The summed E-state index contributed by atoms with van der Waals surface area (Å²) < 4.78 is 13.1. The Balaban J connectivity index is 2.16. The van der Waals surface area contributed by atoms with Gasteiger partial charge in [-0.2, -0.15) is 0 Å². The Labute approximate surface area is 109 Å². The second-order valence-electron chi connectivity index (χ2n) is 4.18. The predicted molar refractivity (Wildman–Crippen MR) is 66.1 cm³/mol. The second-order valence-corrected chi connectivity index (χ2v) is 4.93. The highest BCUT2D eigenvalue weighted by Crippen LogP contribution is 2.29. The van der Waals surface area contributed by atoms with Gasteiger partial charge in [-0.25, -0.2) is 4.39 Å². The molecule has 92 valence electrons. The molecule has 1 saturated carbocycles. The van der Waals surface area contributed by atoms with Gasteiger partial charge < -0.3 is 5.32 Å². The molecule has 2 rings (SSSR count). The van der Waals surface area contributed by atoms with E-state index in [9.17, 15) is 9.18 Å². The molecule has 0 aliphatic heterocycles. The fraction of sp³-hybridized carbons (Fsp3) is 0.417. The van der Waals surface area contributed by atoms with E-state index in [1.807, 2.05) is 0 Å². The molecule has 0 saturated heterocycles. The Morgan fingerprint density at radius 2 is 1.88 bits per heavy atom. The van der Waals surface area contributed by atoms with Gasteiger partial charge in [0.25, 0.3) is 5.91 Å². The molecule has 0 radical (unpaired) electrons. The lowest BCUT2D eigenvalue weighted by atomic mass is 10.1. The van der Waals surface area contributed by atoms with E-state index < -0.39 is 5.82 Å². The van der Waals surface area contributed by atoms with Gasteiger partial charge in [-0.3, -0.25) is 4.79 Å². The summed E-state index contributed by atoms with van der Waals surface area (Å²) in [6, 6.07) is 2.70. The van der Waals surface area contributed by atoms with Gasteiger partial charge in [-0.1, -0.05) is 36.0 Å². The van der Waals surface area contributed by atoms with Crippen molar-refractivity contribution in [2.45, 2.75) is 31.7 Å². The minimum absolute atomic E-state index is 0.0258. The Hall–Kier alpha value is -0.800. The lowest BCUT2D eigenvalue weighted by molar-refractivity contribution is 0.0938.